The minimum atomic E-state index is -0.894. The Morgan fingerprint density at radius 1 is 1.03 bits per heavy atom. The van der Waals surface area contributed by atoms with Gasteiger partial charge in [0.1, 0.15) is 12.7 Å². The molecule has 5 nitrogen and oxygen atoms in total. The zero-order chi connectivity index (χ0) is 23.4. The molecule has 0 aliphatic carbocycles. The van der Waals surface area contributed by atoms with Gasteiger partial charge in [0.25, 0.3) is 0 Å². The molecule has 0 amide bonds. The molecule has 5 heteroatoms. The molecule has 0 unspecified atom stereocenters. The van der Waals surface area contributed by atoms with Crippen molar-refractivity contribution in [2.24, 2.45) is 0 Å². The number of esters is 2. The summed E-state index contributed by atoms with van der Waals surface area (Å²) in [6, 6.07) is 0. The van der Waals surface area contributed by atoms with Crippen LogP contribution in [0.25, 0.3) is 0 Å². The summed E-state index contributed by atoms with van der Waals surface area (Å²) in [5, 5.41) is 10.3. The average Bonchev–Trinajstić information content (AvgIpc) is 2.94. The molecule has 1 heterocycles. The number of carbonyl (C=O) groups is 2. The Kier molecular flexibility index (Phi) is 11.9. The minimum Gasteiger partial charge on any atom is -0.458 e. The lowest BCUT2D eigenvalue weighted by Crippen LogP contribution is -2.19. The summed E-state index contributed by atoms with van der Waals surface area (Å²) in [6.07, 6.45) is 11.9. The number of hydrogen-bond acceptors (Lipinski definition) is 5. The quantitative estimate of drug-likeness (QED) is 0.265. The van der Waals surface area contributed by atoms with Crippen molar-refractivity contribution in [3.8, 4) is 0 Å². The summed E-state index contributed by atoms with van der Waals surface area (Å²) in [5.41, 5.74) is 4.78. The van der Waals surface area contributed by atoms with Crippen molar-refractivity contribution in [3.63, 3.8) is 0 Å². The first-order valence-corrected chi connectivity index (χ1v) is 11.0. The summed E-state index contributed by atoms with van der Waals surface area (Å²) >= 11 is 0. The number of allylic oxidation sites excluding steroid dienone is 6. The average molecular weight is 431 g/mol. The van der Waals surface area contributed by atoms with Gasteiger partial charge in [0, 0.05) is 6.08 Å². The van der Waals surface area contributed by atoms with E-state index in [4.69, 9.17) is 9.47 Å². The van der Waals surface area contributed by atoms with Crippen LogP contribution in [0.5, 0.6) is 0 Å². The Balaban J connectivity index is 2.40. The SMILES string of the molecule is CC/C(C)=C/C(=O)OC/C=C(/C)CC/C=C(\C)CC/C=C1/C(=O)O[C@H](C=C(C)C)[C@H]1O. The predicted molar refractivity (Wildman–Crippen MR) is 124 cm³/mol. The molecule has 0 bridgehead atoms. The molecular weight excluding hydrogens is 392 g/mol. The Bertz CT molecular complexity index is 776. The first-order valence-electron chi connectivity index (χ1n) is 11.0. The van der Waals surface area contributed by atoms with Gasteiger partial charge >= 0.3 is 11.9 Å². The lowest BCUT2D eigenvalue weighted by atomic mass is 10.0. The zero-order valence-corrected chi connectivity index (χ0v) is 19.9. The second-order valence-corrected chi connectivity index (χ2v) is 8.37. The molecule has 0 saturated carbocycles. The van der Waals surface area contributed by atoms with Gasteiger partial charge in [0.15, 0.2) is 6.10 Å². The van der Waals surface area contributed by atoms with Crippen molar-refractivity contribution < 1.29 is 24.2 Å². The van der Waals surface area contributed by atoms with Crippen LogP contribution in [0.4, 0.5) is 0 Å². The number of rotatable bonds is 11. The molecule has 2 atom stereocenters. The summed E-state index contributed by atoms with van der Waals surface area (Å²) in [5.74, 6) is -0.727. The normalized spacial score (nSPS) is 21.3. The number of aliphatic hydroxyl groups excluding tert-OH is 1. The topological polar surface area (TPSA) is 72.8 Å². The number of ether oxygens (including phenoxy) is 2. The third-order valence-electron chi connectivity index (χ3n) is 5.12. The van der Waals surface area contributed by atoms with Gasteiger partial charge < -0.3 is 14.6 Å². The standard InChI is InChI=1S/C26H38O5/c1-7-19(4)17-24(27)30-15-14-21(6)11-8-10-20(5)12-9-13-22-25(28)23(16-18(2)3)31-26(22)29/h10,13-14,16-17,23,25,28H,7-9,11-12,15H2,1-6H3/b19-17+,20-10+,21-14-,22-13+/t23-,25+/m1/s1. The zero-order valence-electron chi connectivity index (χ0n) is 19.9. The molecule has 1 saturated heterocycles. The smallest absolute Gasteiger partial charge is 0.337 e. The fourth-order valence-corrected chi connectivity index (χ4v) is 3.03. The highest BCUT2D eigenvalue weighted by Crippen LogP contribution is 2.24. The molecule has 0 aromatic rings. The number of hydrogen-bond donors (Lipinski definition) is 1. The first kappa shape index (κ1) is 26.6. The highest BCUT2D eigenvalue weighted by atomic mass is 16.6. The van der Waals surface area contributed by atoms with Crippen molar-refractivity contribution in [1.29, 1.82) is 0 Å². The highest BCUT2D eigenvalue weighted by molar-refractivity contribution is 5.92. The van der Waals surface area contributed by atoms with Crippen LogP contribution < -0.4 is 0 Å². The molecule has 1 N–H and O–H groups in total. The summed E-state index contributed by atoms with van der Waals surface area (Å²) in [4.78, 5) is 23.6. The van der Waals surface area contributed by atoms with Gasteiger partial charge in [-0.15, -0.1) is 0 Å². The molecule has 0 radical (unpaired) electrons. The van der Waals surface area contributed by atoms with Gasteiger partial charge in [0.2, 0.25) is 0 Å². The molecule has 1 fully saturated rings. The predicted octanol–water partition coefficient (Wildman–Crippen LogP) is 5.52. The molecular formula is C26H38O5. The Morgan fingerprint density at radius 2 is 1.68 bits per heavy atom. The van der Waals surface area contributed by atoms with E-state index >= 15 is 0 Å². The first-order chi connectivity index (χ1) is 14.6. The van der Waals surface area contributed by atoms with E-state index in [1.54, 1.807) is 12.2 Å². The molecule has 172 valence electrons. The Labute approximate surface area is 187 Å². The van der Waals surface area contributed by atoms with Crippen LogP contribution in [0.15, 0.2) is 58.2 Å². The van der Waals surface area contributed by atoms with E-state index in [-0.39, 0.29) is 5.97 Å². The van der Waals surface area contributed by atoms with Gasteiger partial charge in [-0.2, -0.15) is 0 Å². The van der Waals surface area contributed by atoms with E-state index in [0.717, 1.165) is 36.8 Å². The monoisotopic (exact) mass is 430 g/mol. The van der Waals surface area contributed by atoms with E-state index in [9.17, 15) is 14.7 Å². The fourth-order valence-electron chi connectivity index (χ4n) is 3.03. The Morgan fingerprint density at radius 3 is 2.32 bits per heavy atom. The van der Waals surface area contributed by atoms with Gasteiger partial charge in [-0.3, -0.25) is 0 Å². The lowest BCUT2D eigenvalue weighted by molar-refractivity contribution is -0.138. The third-order valence-corrected chi connectivity index (χ3v) is 5.12. The summed E-state index contributed by atoms with van der Waals surface area (Å²) < 4.78 is 10.4. The van der Waals surface area contributed by atoms with Gasteiger partial charge in [-0.1, -0.05) is 41.4 Å². The van der Waals surface area contributed by atoms with Crippen molar-refractivity contribution in [2.75, 3.05) is 6.61 Å². The van der Waals surface area contributed by atoms with Crippen LogP contribution in [-0.4, -0.2) is 35.9 Å². The fraction of sp³-hybridized carbons (Fsp3) is 0.538. The second-order valence-electron chi connectivity index (χ2n) is 8.37. The van der Waals surface area contributed by atoms with Gasteiger partial charge in [0.05, 0.1) is 5.57 Å². The maximum Gasteiger partial charge on any atom is 0.337 e. The summed E-state index contributed by atoms with van der Waals surface area (Å²) in [6.45, 7) is 12.1. The maximum atomic E-state index is 12.0. The van der Waals surface area contributed by atoms with Gasteiger partial charge in [-0.05, 0) is 78.9 Å². The van der Waals surface area contributed by atoms with Crippen molar-refractivity contribution in [1.82, 2.24) is 0 Å². The number of cyclic esters (lactones) is 1. The lowest BCUT2D eigenvalue weighted by Gasteiger charge is -2.08. The molecule has 31 heavy (non-hydrogen) atoms. The van der Waals surface area contributed by atoms with Crippen LogP contribution in [0, 0.1) is 0 Å². The van der Waals surface area contributed by atoms with Crippen LogP contribution in [0.1, 0.15) is 73.6 Å². The van der Waals surface area contributed by atoms with Crippen LogP contribution in [0.2, 0.25) is 0 Å². The van der Waals surface area contributed by atoms with E-state index in [1.165, 1.54) is 17.2 Å². The van der Waals surface area contributed by atoms with Crippen molar-refractivity contribution in [3.05, 3.63) is 58.2 Å². The third kappa shape index (κ3) is 10.5. The maximum absolute atomic E-state index is 12.0. The van der Waals surface area contributed by atoms with Gasteiger partial charge in [-0.25, -0.2) is 9.59 Å². The molecule has 1 rings (SSSR count). The second kappa shape index (κ2) is 13.8. The Hall–Kier alpha value is -2.40. The summed E-state index contributed by atoms with van der Waals surface area (Å²) in [7, 11) is 0. The molecule has 0 aromatic heterocycles. The number of aliphatic hydroxyl groups is 1. The highest BCUT2D eigenvalue weighted by Gasteiger charge is 2.36. The van der Waals surface area contributed by atoms with Crippen molar-refractivity contribution in [2.45, 2.75) is 85.9 Å². The van der Waals surface area contributed by atoms with E-state index in [0.29, 0.717) is 18.6 Å². The van der Waals surface area contributed by atoms with Crippen molar-refractivity contribution >= 4 is 11.9 Å². The largest absolute Gasteiger partial charge is 0.458 e. The van der Waals surface area contributed by atoms with E-state index in [1.807, 2.05) is 40.7 Å². The molecule has 1 aliphatic heterocycles. The minimum absolute atomic E-state index is 0.292. The van der Waals surface area contributed by atoms with E-state index < -0.39 is 18.2 Å². The van der Waals surface area contributed by atoms with Crippen LogP contribution in [0.3, 0.4) is 0 Å². The van der Waals surface area contributed by atoms with E-state index in [2.05, 4.69) is 13.0 Å². The molecule has 0 spiro atoms. The van der Waals surface area contributed by atoms with Crippen LogP contribution in [-0.2, 0) is 19.1 Å². The number of carbonyl (C=O) groups excluding carboxylic acids is 2. The van der Waals surface area contributed by atoms with Crippen LogP contribution >= 0.6 is 0 Å². The molecule has 0 aromatic carbocycles. The molecule has 1 aliphatic rings.